The summed E-state index contributed by atoms with van der Waals surface area (Å²) in [4.78, 5) is 41.2. The van der Waals surface area contributed by atoms with Gasteiger partial charge in [0.15, 0.2) is 21.7 Å². The smallest absolute Gasteiger partial charge is 0.355 e. The van der Waals surface area contributed by atoms with Crippen LogP contribution in [0.3, 0.4) is 0 Å². The first-order chi connectivity index (χ1) is 12.5. The van der Waals surface area contributed by atoms with Gasteiger partial charge >= 0.3 is 5.97 Å². The van der Waals surface area contributed by atoms with Crippen LogP contribution in [0.2, 0.25) is 0 Å². The third-order valence-corrected chi connectivity index (χ3v) is 6.65. The van der Waals surface area contributed by atoms with E-state index in [1.807, 2.05) is 0 Å². The first-order valence-electron chi connectivity index (χ1n) is 8.90. The molecule has 2 atom stereocenters. The summed E-state index contributed by atoms with van der Waals surface area (Å²) in [5.74, 6) is -1.32. The van der Waals surface area contributed by atoms with E-state index in [9.17, 15) is 22.8 Å². The van der Waals surface area contributed by atoms with Crippen molar-refractivity contribution in [2.75, 3.05) is 18.1 Å². The van der Waals surface area contributed by atoms with Crippen LogP contribution in [0.4, 0.5) is 0 Å². The Balaban J connectivity index is 2.13. The lowest BCUT2D eigenvalue weighted by Gasteiger charge is -2.29. The van der Waals surface area contributed by atoms with Gasteiger partial charge in [-0.15, -0.1) is 0 Å². The molecule has 0 radical (unpaired) electrons. The maximum atomic E-state index is 12.7. The molecular weight excluding hydrogens is 372 g/mol. The standard InChI is InChI=1S/C18H26N2O6S/c1-6-20(14-7-8-27(24,25)9-14)17(22)13(5)26-18(23)16-10(2)15(12(4)21)11(3)19-16/h13-14,19H,6-9H2,1-5H3. The molecule has 1 amide bonds. The SMILES string of the molecule is CCN(C(=O)C(C)OC(=O)c1[nH]c(C)c(C(C)=O)c1C)C1CCS(=O)(=O)C1. The van der Waals surface area contributed by atoms with E-state index in [4.69, 9.17) is 4.74 Å². The van der Waals surface area contributed by atoms with Crippen molar-refractivity contribution in [3.63, 3.8) is 0 Å². The van der Waals surface area contributed by atoms with Gasteiger partial charge in [0, 0.05) is 23.8 Å². The van der Waals surface area contributed by atoms with E-state index in [-0.39, 0.29) is 23.0 Å². The molecule has 27 heavy (non-hydrogen) atoms. The van der Waals surface area contributed by atoms with Crippen molar-refractivity contribution >= 4 is 27.5 Å². The number of ketones is 1. The van der Waals surface area contributed by atoms with Crippen LogP contribution >= 0.6 is 0 Å². The number of H-pyrrole nitrogens is 1. The van der Waals surface area contributed by atoms with Crippen LogP contribution in [0.5, 0.6) is 0 Å². The summed E-state index contributed by atoms with van der Waals surface area (Å²) >= 11 is 0. The molecule has 2 rings (SSSR count). The predicted octanol–water partition coefficient (Wildman–Crippen LogP) is 1.42. The molecule has 150 valence electrons. The molecule has 0 aliphatic carbocycles. The Kier molecular flexibility index (Phi) is 6.14. The second kappa shape index (κ2) is 7.84. The molecule has 1 N–H and O–H groups in total. The van der Waals surface area contributed by atoms with Crippen molar-refractivity contribution in [2.24, 2.45) is 0 Å². The normalized spacial score (nSPS) is 19.5. The molecule has 1 saturated heterocycles. The minimum atomic E-state index is -3.13. The average Bonchev–Trinajstić information content (AvgIpc) is 3.06. The fourth-order valence-corrected chi connectivity index (χ4v) is 5.33. The number of aryl methyl sites for hydroxylation is 1. The predicted molar refractivity (Wildman–Crippen MR) is 99.6 cm³/mol. The van der Waals surface area contributed by atoms with E-state index in [1.54, 1.807) is 20.8 Å². The van der Waals surface area contributed by atoms with E-state index < -0.39 is 33.9 Å². The molecule has 2 heterocycles. The Bertz CT molecular complexity index is 871. The van der Waals surface area contributed by atoms with Gasteiger partial charge in [0.25, 0.3) is 5.91 Å². The first-order valence-corrected chi connectivity index (χ1v) is 10.7. The van der Waals surface area contributed by atoms with Gasteiger partial charge in [-0.2, -0.15) is 0 Å². The van der Waals surface area contributed by atoms with Gasteiger partial charge in [0.1, 0.15) is 5.69 Å². The second-order valence-electron chi connectivity index (χ2n) is 6.91. The maximum Gasteiger partial charge on any atom is 0.355 e. The number of aromatic amines is 1. The highest BCUT2D eigenvalue weighted by atomic mass is 32.2. The summed E-state index contributed by atoms with van der Waals surface area (Å²) < 4.78 is 28.7. The highest BCUT2D eigenvalue weighted by molar-refractivity contribution is 7.91. The number of esters is 1. The Morgan fingerprint density at radius 3 is 2.37 bits per heavy atom. The third kappa shape index (κ3) is 4.40. The molecule has 1 aliphatic rings. The number of rotatable bonds is 6. The van der Waals surface area contributed by atoms with Gasteiger partial charge in [0.2, 0.25) is 0 Å². The average molecular weight is 398 g/mol. The minimum Gasteiger partial charge on any atom is -0.448 e. The summed E-state index contributed by atoms with van der Waals surface area (Å²) in [6.45, 7) is 8.30. The van der Waals surface area contributed by atoms with Crippen molar-refractivity contribution in [3.05, 3.63) is 22.5 Å². The van der Waals surface area contributed by atoms with Crippen LogP contribution in [0.25, 0.3) is 0 Å². The lowest BCUT2D eigenvalue weighted by Crippen LogP contribution is -2.46. The molecular formula is C18H26N2O6S. The van der Waals surface area contributed by atoms with Gasteiger partial charge in [-0.3, -0.25) is 9.59 Å². The molecule has 1 aromatic heterocycles. The van der Waals surface area contributed by atoms with Crippen molar-refractivity contribution in [1.29, 1.82) is 0 Å². The third-order valence-electron chi connectivity index (χ3n) is 4.90. The van der Waals surface area contributed by atoms with Crippen LogP contribution < -0.4 is 0 Å². The van der Waals surface area contributed by atoms with E-state index in [0.29, 0.717) is 29.8 Å². The highest BCUT2D eigenvalue weighted by Crippen LogP contribution is 2.21. The number of likely N-dealkylation sites (N-methyl/N-ethyl adjacent to an activating group) is 1. The number of aromatic nitrogens is 1. The van der Waals surface area contributed by atoms with Crippen molar-refractivity contribution in [1.82, 2.24) is 9.88 Å². The summed E-state index contributed by atoms with van der Waals surface area (Å²) in [5.41, 5.74) is 1.63. The first kappa shape index (κ1) is 21.1. The number of hydrogen-bond acceptors (Lipinski definition) is 6. The van der Waals surface area contributed by atoms with Gasteiger partial charge in [0.05, 0.1) is 11.5 Å². The van der Waals surface area contributed by atoms with E-state index >= 15 is 0 Å². The van der Waals surface area contributed by atoms with Crippen LogP contribution in [0, 0.1) is 13.8 Å². The van der Waals surface area contributed by atoms with Gasteiger partial charge < -0.3 is 14.6 Å². The fourth-order valence-electron chi connectivity index (χ4n) is 3.60. The summed E-state index contributed by atoms with van der Waals surface area (Å²) in [7, 11) is -3.13. The fraction of sp³-hybridized carbons (Fsp3) is 0.611. The second-order valence-corrected chi connectivity index (χ2v) is 9.14. The van der Waals surface area contributed by atoms with Crippen molar-refractivity contribution in [3.8, 4) is 0 Å². The van der Waals surface area contributed by atoms with Crippen molar-refractivity contribution < 1.29 is 27.5 Å². The minimum absolute atomic E-state index is 0.0599. The lowest BCUT2D eigenvalue weighted by atomic mass is 10.1. The van der Waals surface area contributed by atoms with Gasteiger partial charge in [-0.1, -0.05) is 0 Å². The monoisotopic (exact) mass is 398 g/mol. The van der Waals surface area contributed by atoms with E-state index in [0.717, 1.165) is 0 Å². The number of Topliss-reactive ketones (excluding diaryl/α,β-unsaturated/α-hetero) is 1. The Morgan fingerprint density at radius 2 is 1.93 bits per heavy atom. The number of ether oxygens (including phenoxy) is 1. The zero-order chi connectivity index (χ0) is 20.5. The largest absolute Gasteiger partial charge is 0.448 e. The van der Waals surface area contributed by atoms with E-state index in [2.05, 4.69) is 4.98 Å². The molecule has 0 saturated carbocycles. The quantitative estimate of drug-likeness (QED) is 0.573. The molecule has 1 aromatic rings. The zero-order valence-corrected chi connectivity index (χ0v) is 17.1. The zero-order valence-electron chi connectivity index (χ0n) is 16.3. The molecule has 1 fully saturated rings. The van der Waals surface area contributed by atoms with Crippen LogP contribution in [0.15, 0.2) is 0 Å². The molecule has 0 spiro atoms. The maximum absolute atomic E-state index is 12.7. The highest BCUT2D eigenvalue weighted by Gasteiger charge is 2.36. The molecule has 0 aromatic carbocycles. The van der Waals surface area contributed by atoms with Gasteiger partial charge in [-0.05, 0) is 46.6 Å². The number of carbonyl (C=O) groups is 3. The number of nitrogens with one attached hydrogen (secondary N) is 1. The van der Waals surface area contributed by atoms with Crippen LogP contribution in [-0.4, -0.2) is 66.2 Å². The number of amides is 1. The number of nitrogens with zero attached hydrogens (tertiary/aromatic N) is 1. The Labute approximate surface area is 159 Å². The van der Waals surface area contributed by atoms with Gasteiger partial charge in [-0.25, -0.2) is 13.2 Å². The topological polar surface area (TPSA) is 114 Å². The number of sulfone groups is 1. The summed E-state index contributed by atoms with van der Waals surface area (Å²) in [6, 6.07) is -0.396. The lowest BCUT2D eigenvalue weighted by molar-refractivity contribution is -0.141. The summed E-state index contributed by atoms with van der Waals surface area (Å²) in [6.07, 6.45) is -0.677. The Hall–Kier alpha value is -2.16. The molecule has 1 aliphatic heterocycles. The van der Waals surface area contributed by atoms with Crippen LogP contribution in [-0.2, 0) is 19.4 Å². The number of carbonyl (C=O) groups excluding carboxylic acids is 3. The Morgan fingerprint density at radius 1 is 1.30 bits per heavy atom. The van der Waals surface area contributed by atoms with E-state index in [1.165, 1.54) is 18.7 Å². The summed E-state index contributed by atoms with van der Waals surface area (Å²) in [5, 5.41) is 0. The molecule has 9 heteroatoms. The molecule has 2 unspecified atom stereocenters. The molecule has 0 bridgehead atoms. The molecule has 8 nitrogen and oxygen atoms in total. The van der Waals surface area contributed by atoms with Crippen LogP contribution in [0.1, 0.15) is 59.3 Å². The van der Waals surface area contributed by atoms with Crippen molar-refractivity contribution in [2.45, 2.75) is 53.2 Å². The number of hydrogen-bond donors (Lipinski definition) is 1.